The summed E-state index contributed by atoms with van der Waals surface area (Å²) in [7, 11) is 1.75. The van der Waals surface area contributed by atoms with Crippen LogP contribution < -0.4 is 5.32 Å². The molecule has 0 saturated carbocycles. The molecule has 0 atom stereocenters. The lowest BCUT2D eigenvalue weighted by Gasteiger charge is -2.37. The van der Waals surface area contributed by atoms with E-state index >= 15 is 4.39 Å². The number of aromatic nitrogens is 1. The minimum absolute atomic E-state index is 0.0954. The number of hydrogen-bond donors (Lipinski definition) is 1. The first-order valence-electron chi connectivity index (χ1n) is 8.22. The molecule has 1 N–H and O–H groups in total. The third-order valence-corrected chi connectivity index (χ3v) is 4.64. The molecule has 4 nitrogen and oxygen atoms in total. The molecule has 2 aromatic rings. The number of rotatable bonds is 3. The number of carbonyl (C=O) groups is 1. The number of aryl methyl sites for hydroxylation is 1. The first kappa shape index (κ1) is 16.4. The van der Waals surface area contributed by atoms with Gasteiger partial charge in [-0.2, -0.15) is 0 Å². The van der Waals surface area contributed by atoms with Crippen molar-refractivity contribution >= 4 is 11.7 Å². The lowest BCUT2D eigenvalue weighted by molar-refractivity contribution is 0.0422. The number of piperidine rings is 1. The van der Waals surface area contributed by atoms with Crippen LogP contribution >= 0.6 is 0 Å². The van der Waals surface area contributed by atoms with Crippen molar-refractivity contribution in [1.82, 2.24) is 9.88 Å². The molecule has 24 heavy (non-hydrogen) atoms. The number of likely N-dealkylation sites (tertiary alicyclic amines) is 1. The summed E-state index contributed by atoms with van der Waals surface area (Å²) in [6.07, 6.45) is 0.633. The number of pyridine rings is 1. The molecule has 1 aromatic heterocycles. The Kier molecular flexibility index (Phi) is 4.51. The van der Waals surface area contributed by atoms with Crippen LogP contribution in [0, 0.1) is 6.92 Å². The van der Waals surface area contributed by atoms with Crippen LogP contribution in [0.4, 0.5) is 10.2 Å². The quantitative estimate of drug-likeness (QED) is 0.938. The van der Waals surface area contributed by atoms with Crippen molar-refractivity contribution in [3.63, 3.8) is 0 Å². The lowest BCUT2D eigenvalue weighted by atomic mass is 9.86. The van der Waals surface area contributed by atoms with E-state index in [1.54, 1.807) is 18.0 Å². The van der Waals surface area contributed by atoms with Crippen LogP contribution in [-0.4, -0.2) is 35.9 Å². The van der Waals surface area contributed by atoms with E-state index in [0.29, 0.717) is 42.9 Å². The Morgan fingerprint density at radius 2 is 1.83 bits per heavy atom. The number of anilines is 1. The Bertz CT molecular complexity index is 725. The number of halogens is 1. The van der Waals surface area contributed by atoms with Gasteiger partial charge in [-0.3, -0.25) is 4.79 Å². The van der Waals surface area contributed by atoms with E-state index in [1.807, 2.05) is 43.3 Å². The van der Waals surface area contributed by atoms with Gasteiger partial charge in [0.1, 0.15) is 11.5 Å². The molecular weight excluding hydrogens is 305 g/mol. The molecule has 1 aliphatic rings. The highest BCUT2D eigenvalue weighted by Crippen LogP contribution is 2.37. The summed E-state index contributed by atoms with van der Waals surface area (Å²) < 4.78 is 15.2. The molecule has 0 radical (unpaired) electrons. The maximum Gasteiger partial charge on any atom is 0.257 e. The fourth-order valence-corrected chi connectivity index (χ4v) is 3.18. The van der Waals surface area contributed by atoms with Crippen LogP contribution in [0.3, 0.4) is 0 Å². The smallest absolute Gasteiger partial charge is 0.257 e. The molecule has 2 heterocycles. The maximum atomic E-state index is 15.2. The van der Waals surface area contributed by atoms with Gasteiger partial charge in [0.25, 0.3) is 5.91 Å². The summed E-state index contributed by atoms with van der Waals surface area (Å²) in [5.74, 6) is 0.474. The zero-order chi connectivity index (χ0) is 17.2. The number of carbonyl (C=O) groups excluding carboxylic acids is 1. The Balaban J connectivity index is 1.74. The van der Waals surface area contributed by atoms with Gasteiger partial charge < -0.3 is 10.2 Å². The molecule has 0 unspecified atom stereocenters. The topological polar surface area (TPSA) is 45.2 Å². The van der Waals surface area contributed by atoms with Gasteiger partial charge in [-0.15, -0.1) is 0 Å². The third kappa shape index (κ3) is 3.11. The molecule has 5 heteroatoms. The van der Waals surface area contributed by atoms with E-state index < -0.39 is 5.67 Å². The molecule has 0 bridgehead atoms. The Labute approximate surface area is 141 Å². The predicted molar refractivity (Wildman–Crippen MR) is 92.9 cm³/mol. The maximum absolute atomic E-state index is 15.2. The predicted octanol–water partition coefficient (Wildman–Crippen LogP) is 3.53. The third-order valence-electron chi connectivity index (χ3n) is 4.64. The van der Waals surface area contributed by atoms with Crippen LogP contribution in [-0.2, 0) is 5.67 Å². The van der Waals surface area contributed by atoms with Gasteiger partial charge in [-0.05, 0) is 24.6 Å². The van der Waals surface area contributed by atoms with Crippen LogP contribution in [0.2, 0.25) is 0 Å². The Hall–Kier alpha value is -2.43. The highest BCUT2D eigenvalue weighted by Gasteiger charge is 2.37. The molecule has 1 aliphatic heterocycles. The number of hydrogen-bond acceptors (Lipinski definition) is 3. The van der Waals surface area contributed by atoms with E-state index in [9.17, 15) is 4.79 Å². The van der Waals surface area contributed by atoms with E-state index in [0.717, 1.165) is 5.69 Å². The molecule has 1 saturated heterocycles. The van der Waals surface area contributed by atoms with Gasteiger partial charge in [0.05, 0.1) is 5.56 Å². The molecule has 1 aromatic carbocycles. The van der Waals surface area contributed by atoms with Crippen molar-refractivity contribution in [3.05, 3.63) is 59.3 Å². The van der Waals surface area contributed by atoms with Gasteiger partial charge >= 0.3 is 0 Å². The minimum Gasteiger partial charge on any atom is -0.372 e. The second-order valence-corrected chi connectivity index (χ2v) is 6.22. The van der Waals surface area contributed by atoms with Crippen molar-refractivity contribution in [3.8, 4) is 0 Å². The van der Waals surface area contributed by atoms with Crippen LogP contribution in [0.1, 0.15) is 34.5 Å². The fraction of sp³-hybridized carbons (Fsp3) is 0.368. The first-order valence-corrected chi connectivity index (χ1v) is 8.22. The van der Waals surface area contributed by atoms with Crippen LogP contribution in [0.5, 0.6) is 0 Å². The van der Waals surface area contributed by atoms with Crippen molar-refractivity contribution in [2.24, 2.45) is 0 Å². The van der Waals surface area contributed by atoms with Crippen LogP contribution in [0.25, 0.3) is 0 Å². The molecule has 3 rings (SSSR count). The van der Waals surface area contributed by atoms with Crippen molar-refractivity contribution in [1.29, 1.82) is 0 Å². The molecule has 1 amide bonds. The molecule has 1 fully saturated rings. The van der Waals surface area contributed by atoms with Gasteiger partial charge in [-0.25, -0.2) is 9.37 Å². The fourth-order valence-electron chi connectivity index (χ4n) is 3.18. The monoisotopic (exact) mass is 327 g/mol. The zero-order valence-electron chi connectivity index (χ0n) is 14.1. The lowest BCUT2D eigenvalue weighted by Crippen LogP contribution is -2.43. The van der Waals surface area contributed by atoms with Crippen molar-refractivity contribution in [2.45, 2.75) is 25.4 Å². The number of nitrogens with zero attached hydrogens (tertiary/aromatic N) is 2. The summed E-state index contributed by atoms with van der Waals surface area (Å²) in [4.78, 5) is 18.8. The van der Waals surface area contributed by atoms with Gasteiger partial charge in [0.15, 0.2) is 0 Å². The Morgan fingerprint density at radius 1 is 1.17 bits per heavy atom. The largest absolute Gasteiger partial charge is 0.372 e. The highest BCUT2D eigenvalue weighted by molar-refractivity contribution is 5.98. The summed E-state index contributed by atoms with van der Waals surface area (Å²) in [6, 6.07) is 12.8. The first-order chi connectivity index (χ1) is 11.5. The second kappa shape index (κ2) is 6.59. The standard InChI is InChI=1S/C19H22FN3O/c1-14-8-9-16(17(21-2)22-14)18(24)23-12-10-19(20,11-13-23)15-6-4-3-5-7-15/h3-9H,10-13H2,1-2H3,(H,21,22). The summed E-state index contributed by atoms with van der Waals surface area (Å²) in [5, 5.41) is 2.97. The van der Waals surface area contributed by atoms with E-state index in [2.05, 4.69) is 10.3 Å². The molecule has 0 aliphatic carbocycles. The highest BCUT2D eigenvalue weighted by atomic mass is 19.1. The number of benzene rings is 1. The van der Waals surface area contributed by atoms with Gasteiger partial charge in [-0.1, -0.05) is 30.3 Å². The minimum atomic E-state index is -1.35. The number of amides is 1. The van der Waals surface area contributed by atoms with E-state index in [1.165, 1.54) is 0 Å². The average Bonchev–Trinajstić information content (AvgIpc) is 2.62. The van der Waals surface area contributed by atoms with E-state index in [4.69, 9.17) is 0 Å². The average molecular weight is 327 g/mol. The van der Waals surface area contributed by atoms with Gasteiger partial charge in [0, 0.05) is 38.7 Å². The molecule has 126 valence electrons. The van der Waals surface area contributed by atoms with E-state index in [-0.39, 0.29) is 5.91 Å². The SMILES string of the molecule is CNc1nc(C)ccc1C(=O)N1CCC(F)(c2ccccc2)CC1. The van der Waals surface area contributed by atoms with Crippen molar-refractivity contribution < 1.29 is 9.18 Å². The summed E-state index contributed by atoms with van der Waals surface area (Å²) >= 11 is 0. The number of alkyl halides is 1. The van der Waals surface area contributed by atoms with Crippen molar-refractivity contribution in [2.75, 3.05) is 25.5 Å². The number of nitrogens with one attached hydrogen (secondary N) is 1. The van der Waals surface area contributed by atoms with Gasteiger partial charge in [0.2, 0.25) is 0 Å². The summed E-state index contributed by atoms with van der Waals surface area (Å²) in [5.41, 5.74) is 0.732. The molecule has 0 spiro atoms. The Morgan fingerprint density at radius 3 is 2.46 bits per heavy atom. The normalized spacial score (nSPS) is 16.7. The zero-order valence-corrected chi connectivity index (χ0v) is 14.1. The van der Waals surface area contributed by atoms with Crippen LogP contribution in [0.15, 0.2) is 42.5 Å². The second-order valence-electron chi connectivity index (χ2n) is 6.22. The summed E-state index contributed by atoms with van der Waals surface area (Å²) in [6.45, 7) is 2.69. The molecular formula is C19H22FN3O.